The largest absolute Gasteiger partial charge is 0.335 e. The van der Waals surface area contributed by atoms with Crippen molar-refractivity contribution in [1.29, 1.82) is 0 Å². The molecular formula is C14H16N4O3. The molecule has 2 rings (SSSR count). The molecule has 0 bridgehead atoms. The molecule has 0 aliphatic rings. The minimum Gasteiger partial charge on any atom is -0.335 e. The van der Waals surface area contributed by atoms with Crippen molar-refractivity contribution in [3.05, 3.63) is 57.9 Å². The summed E-state index contributed by atoms with van der Waals surface area (Å²) in [5.41, 5.74) is 1.21. The van der Waals surface area contributed by atoms with Crippen molar-refractivity contribution in [3.63, 3.8) is 0 Å². The van der Waals surface area contributed by atoms with E-state index in [0.717, 1.165) is 0 Å². The number of aryl methyl sites for hydroxylation is 1. The van der Waals surface area contributed by atoms with Crippen molar-refractivity contribution in [2.75, 3.05) is 7.05 Å². The van der Waals surface area contributed by atoms with Gasteiger partial charge in [0.1, 0.15) is 0 Å². The Labute approximate surface area is 121 Å². The van der Waals surface area contributed by atoms with Gasteiger partial charge in [0.25, 0.3) is 11.6 Å². The minimum atomic E-state index is -0.445. The van der Waals surface area contributed by atoms with Crippen LogP contribution in [0.15, 0.2) is 36.7 Å². The van der Waals surface area contributed by atoms with Crippen molar-refractivity contribution >= 4 is 11.6 Å². The van der Waals surface area contributed by atoms with E-state index in [1.165, 1.54) is 23.2 Å². The van der Waals surface area contributed by atoms with E-state index in [1.54, 1.807) is 37.1 Å². The van der Waals surface area contributed by atoms with Gasteiger partial charge in [-0.15, -0.1) is 0 Å². The van der Waals surface area contributed by atoms with Gasteiger partial charge < -0.3 is 4.90 Å². The highest BCUT2D eigenvalue weighted by Gasteiger charge is 2.21. The van der Waals surface area contributed by atoms with E-state index in [9.17, 15) is 14.9 Å². The van der Waals surface area contributed by atoms with E-state index >= 15 is 0 Å². The highest BCUT2D eigenvalue weighted by atomic mass is 16.6. The molecule has 2 aromatic rings. The van der Waals surface area contributed by atoms with Crippen LogP contribution in [0, 0.1) is 10.1 Å². The van der Waals surface area contributed by atoms with Crippen molar-refractivity contribution in [1.82, 2.24) is 14.7 Å². The van der Waals surface area contributed by atoms with Gasteiger partial charge in [0, 0.05) is 32.4 Å². The predicted octanol–water partition coefficient (Wildman–Crippen LogP) is 2.16. The second-order valence-corrected chi connectivity index (χ2v) is 4.85. The quantitative estimate of drug-likeness (QED) is 0.637. The number of nitro benzene ring substituents is 1. The number of aromatic nitrogens is 2. The molecule has 110 valence electrons. The van der Waals surface area contributed by atoms with Crippen LogP contribution in [0.4, 0.5) is 5.69 Å². The molecule has 0 spiro atoms. The zero-order chi connectivity index (χ0) is 15.6. The van der Waals surface area contributed by atoms with Crippen molar-refractivity contribution in [2.45, 2.75) is 13.0 Å². The summed E-state index contributed by atoms with van der Waals surface area (Å²) in [6.07, 6.45) is 3.14. The number of hydrogen-bond acceptors (Lipinski definition) is 4. The Morgan fingerprint density at radius 1 is 1.48 bits per heavy atom. The molecular weight excluding hydrogens is 272 g/mol. The lowest BCUT2D eigenvalue weighted by Gasteiger charge is -2.24. The summed E-state index contributed by atoms with van der Waals surface area (Å²) in [6.45, 7) is 1.83. The number of amides is 1. The molecule has 21 heavy (non-hydrogen) atoms. The first kappa shape index (κ1) is 14.7. The Hall–Kier alpha value is -2.70. The molecule has 7 heteroatoms. The summed E-state index contributed by atoms with van der Waals surface area (Å²) in [4.78, 5) is 24.2. The molecule has 7 nitrogen and oxygen atoms in total. The normalized spacial score (nSPS) is 12.0. The van der Waals surface area contributed by atoms with Crippen LogP contribution >= 0.6 is 0 Å². The lowest BCUT2D eigenvalue weighted by molar-refractivity contribution is -0.384. The van der Waals surface area contributed by atoms with Crippen LogP contribution in [0.3, 0.4) is 0 Å². The van der Waals surface area contributed by atoms with E-state index in [4.69, 9.17) is 0 Å². The molecule has 0 N–H and O–H groups in total. The van der Waals surface area contributed by atoms with Gasteiger partial charge in [0.2, 0.25) is 0 Å². The molecule has 1 aromatic heterocycles. The van der Waals surface area contributed by atoms with Gasteiger partial charge >= 0.3 is 0 Å². The van der Waals surface area contributed by atoms with E-state index in [1.807, 2.05) is 6.92 Å². The summed E-state index contributed by atoms with van der Waals surface area (Å²) in [6, 6.07) is 6.02. The van der Waals surface area contributed by atoms with E-state index in [-0.39, 0.29) is 17.6 Å². The molecule has 1 amide bonds. The standard InChI is InChI=1S/C14H16N4O3/c1-10(11-5-4-6-13(7-11)18(20)21)17(3)14(19)12-8-15-16(2)9-12/h4-10H,1-3H3/t10-/m1/s1. The van der Waals surface area contributed by atoms with Crippen LogP contribution in [0.1, 0.15) is 28.9 Å². The molecule has 0 aliphatic carbocycles. The smallest absolute Gasteiger partial charge is 0.269 e. The summed E-state index contributed by atoms with van der Waals surface area (Å²) in [5.74, 6) is -0.179. The van der Waals surface area contributed by atoms with Crippen molar-refractivity contribution in [2.24, 2.45) is 7.05 Å². The highest BCUT2D eigenvalue weighted by molar-refractivity contribution is 5.93. The van der Waals surface area contributed by atoms with Crippen LogP contribution in [0.25, 0.3) is 0 Å². The third-order valence-electron chi connectivity index (χ3n) is 3.42. The Morgan fingerprint density at radius 2 is 2.19 bits per heavy atom. The molecule has 0 radical (unpaired) electrons. The van der Waals surface area contributed by atoms with Crippen LogP contribution in [0.5, 0.6) is 0 Å². The maximum Gasteiger partial charge on any atom is 0.269 e. The van der Waals surface area contributed by atoms with Crippen LogP contribution in [-0.2, 0) is 7.05 Å². The number of carbonyl (C=O) groups excluding carboxylic acids is 1. The second-order valence-electron chi connectivity index (χ2n) is 4.85. The van der Waals surface area contributed by atoms with Crippen molar-refractivity contribution < 1.29 is 9.72 Å². The van der Waals surface area contributed by atoms with Gasteiger partial charge in [-0.2, -0.15) is 5.10 Å². The maximum absolute atomic E-state index is 12.3. The fourth-order valence-electron chi connectivity index (χ4n) is 2.03. The topological polar surface area (TPSA) is 81.3 Å². The van der Waals surface area contributed by atoms with E-state index < -0.39 is 4.92 Å². The molecule has 0 fully saturated rings. The molecule has 0 saturated carbocycles. The number of nitro groups is 1. The van der Waals surface area contributed by atoms with Crippen molar-refractivity contribution in [3.8, 4) is 0 Å². The molecule has 0 saturated heterocycles. The zero-order valence-corrected chi connectivity index (χ0v) is 12.1. The Morgan fingerprint density at radius 3 is 2.76 bits per heavy atom. The Bertz CT molecular complexity index is 680. The van der Waals surface area contributed by atoms with Gasteiger partial charge in [0.15, 0.2) is 0 Å². The predicted molar refractivity (Wildman–Crippen MR) is 76.8 cm³/mol. The lowest BCUT2D eigenvalue weighted by atomic mass is 10.1. The monoisotopic (exact) mass is 288 g/mol. The summed E-state index contributed by atoms with van der Waals surface area (Å²) >= 11 is 0. The number of nitrogens with zero attached hydrogens (tertiary/aromatic N) is 4. The molecule has 1 heterocycles. The van der Waals surface area contributed by atoms with Gasteiger partial charge in [-0.05, 0) is 12.5 Å². The SMILES string of the molecule is C[C@H](c1cccc([N+](=O)[O-])c1)N(C)C(=O)c1cnn(C)c1. The summed E-state index contributed by atoms with van der Waals surface area (Å²) in [5, 5.41) is 14.8. The third kappa shape index (κ3) is 3.07. The molecule has 1 aromatic carbocycles. The average molecular weight is 288 g/mol. The number of benzene rings is 1. The van der Waals surface area contributed by atoms with Crippen LogP contribution in [-0.4, -0.2) is 32.6 Å². The number of hydrogen-bond donors (Lipinski definition) is 0. The lowest BCUT2D eigenvalue weighted by Crippen LogP contribution is -2.29. The summed E-state index contributed by atoms with van der Waals surface area (Å²) in [7, 11) is 3.40. The first-order valence-electron chi connectivity index (χ1n) is 6.40. The molecule has 0 aliphatic heterocycles. The minimum absolute atomic E-state index is 0.0153. The second kappa shape index (κ2) is 5.74. The first-order valence-corrected chi connectivity index (χ1v) is 6.40. The van der Waals surface area contributed by atoms with Gasteiger partial charge in [-0.25, -0.2) is 0 Å². The maximum atomic E-state index is 12.3. The number of rotatable bonds is 4. The average Bonchev–Trinajstić information content (AvgIpc) is 2.91. The van der Waals surface area contributed by atoms with Crippen LogP contribution in [0.2, 0.25) is 0 Å². The van der Waals surface area contributed by atoms with E-state index in [2.05, 4.69) is 5.10 Å². The summed E-state index contributed by atoms with van der Waals surface area (Å²) < 4.78 is 1.55. The molecule has 0 unspecified atom stereocenters. The van der Waals surface area contributed by atoms with E-state index in [0.29, 0.717) is 11.1 Å². The van der Waals surface area contributed by atoms with Gasteiger partial charge in [0.05, 0.1) is 22.7 Å². The van der Waals surface area contributed by atoms with Gasteiger partial charge in [-0.1, -0.05) is 12.1 Å². The number of carbonyl (C=O) groups is 1. The highest BCUT2D eigenvalue weighted by Crippen LogP contribution is 2.24. The fraction of sp³-hybridized carbons (Fsp3) is 0.286. The Balaban J connectivity index is 2.22. The molecule has 1 atom stereocenters. The third-order valence-corrected chi connectivity index (χ3v) is 3.42. The fourth-order valence-corrected chi connectivity index (χ4v) is 2.03. The Kier molecular flexibility index (Phi) is 4.02. The zero-order valence-electron chi connectivity index (χ0n) is 12.1. The van der Waals surface area contributed by atoms with Crippen LogP contribution < -0.4 is 0 Å². The number of non-ortho nitro benzene ring substituents is 1. The first-order chi connectivity index (χ1) is 9.90. The van der Waals surface area contributed by atoms with Gasteiger partial charge in [-0.3, -0.25) is 19.6 Å².